The zero-order valence-electron chi connectivity index (χ0n) is 16.2. The van der Waals surface area contributed by atoms with Crippen molar-refractivity contribution >= 4 is 17.8 Å². The van der Waals surface area contributed by atoms with E-state index in [0.29, 0.717) is 12.8 Å². The molecule has 1 atom stereocenters. The Morgan fingerprint density at radius 3 is 2.52 bits per heavy atom. The van der Waals surface area contributed by atoms with Gasteiger partial charge in [-0.2, -0.15) is 0 Å². The molecule has 3 rings (SSSR count). The molecule has 1 heterocycles. The summed E-state index contributed by atoms with van der Waals surface area (Å²) in [6.45, 7) is 1.56. The Balaban J connectivity index is 1.60. The molecule has 27 heavy (non-hydrogen) atoms. The Morgan fingerprint density at radius 2 is 1.85 bits per heavy atom. The molecule has 6 nitrogen and oxygen atoms in total. The van der Waals surface area contributed by atoms with Crippen LogP contribution in [0.5, 0.6) is 0 Å². The first-order valence-corrected chi connectivity index (χ1v) is 9.84. The zero-order chi connectivity index (χ0) is 19.4. The number of nitrogens with one attached hydrogen (secondary N) is 1. The number of rotatable bonds is 6. The minimum absolute atomic E-state index is 0.169. The number of nitrogens with zero attached hydrogens (tertiary/aromatic N) is 2. The highest BCUT2D eigenvalue weighted by Crippen LogP contribution is 2.25. The molecule has 2 aliphatic rings. The van der Waals surface area contributed by atoms with Crippen molar-refractivity contribution in [3.8, 4) is 0 Å². The van der Waals surface area contributed by atoms with Crippen LogP contribution in [0.4, 0.5) is 4.79 Å². The Hall–Kier alpha value is -2.37. The van der Waals surface area contributed by atoms with Crippen molar-refractivity contribution in [2.24, 2.45) is 0 Å². The largest absolute Gasteiger partial charge is 0.341 e. The molecule has 0 radical (unpaired) electrons. The van der Waals surface area contributed by atoms with Crippen LogP contribution in [0.3, 0.4) is 0 Å². The summed E-state index contributed by atoms with van der Waals surface area (Å²) in [5, 5.41) is 2.79. The van der Waals surface area contributed by atoms with Gasteiger partial charge in [0.1, 0.15) is 12.1 Å². The molecular weight excluding hydrogens is 342 g/mol. The number of hydrogen-bond acceptors (Lipinski definition) is 3. The summed E-state index contributed by atoms with van der Waals surface area (Å²) in [7, 11) is 1.78. The van der Waals surface area contributed by atoms with E-state index in [1.54, 1.807) is 18.9 Å². The Morgan fingerprint density at radius 1 is 1.19 bits per heavy atom. The van der Waals surface area contributed by atoms with Gasteiger partial charge in [0, 0.05) is 13.1 Å². The number of urea groups is 1. The zero-order valence-corrected chi connectivity index (χ0v) is 16.2. The molecule has 0 unspecified atom stereocenters. The van der Waals surface area contributed by atoms with Crippen molar-refractivity contribution in [3.05, 3.63) is 35.9 Å². The molecule has 0 aromatic heterocycles. The average molecular weight is 371 g/mol. The number of likely N-dealkylation sites (N-methyl/N-ethyl adjacent to an activating group) is 1. The van der Waals surface area contributed by atoms with Gasteiger partial charge in [-0.1, -0.05) is 49.6 Å². The van der Waals surface area contributed by atoms with Crippen LogP contribution in [0.2, 0.25) is 0 Å². The average Bonchev–Trinajstić information content (AvgIpc) is 2.90. The maximum Gasteiger partial charge on any atom is 0.325 e. The molecule has 1 N–H and O–H groups in total. The molecule has 1 saturated heterocycles. The first-order chi connectivity index (χ1) is 12.9. The molecule has 1 aliphatic carbocycles. The van der Waals surface area contributed by atoms with E-state index in [0.717, 1.165) is 36.1 Å². The second-order valence-electron chi connectivity index (χ2n) is 7.94. The molecule has 1 aromatic rings. The molecule has 6 heteroatoms. The third-order valence-corrected chi connectivity index (χ3v) is 5.91. The van der Waals surface area contributed by atoms with Gasteiger partial charge in [-0.25, -0.2) is 4.79 Å². The van der Waals surface area contributed by atoms with E-state index in [2.05, 4.69) is 5.32 Å². The van der Waals surface area contributed by atoms with Crippen LogP contribution in [0.1, 0.15) is 51.0 Å². The topological polar surface area (TPSA) is 69.7 Å². The fraction of sp³-hybridized carbons (Fsp3) is 0.571. The van der Waals surface area contributed by atoms with Gasteiger partial charge in [-0.05, 0) is 38.2 Å². The van der Waals surface area contributed by atoms with E-state index in [9.17, 15) is 14.4 Å². The Labute approximate surface area is 160 Å². The van der Waals surface area contributed by atoms with Crippen LogP contribution in [-0.2, 0) is 16.0 Å². The lowest BCUT2D eigenvalue weighted by Gasteiger charge is -2.32. The van der Waals surface area contributed by atoms with Crippen molar-refractivity contribution in [1.29, 1.82) is 0 Å². The van der Waals surface area contributed by atoms with Gasteiger partial charge >= 0.3 is 6.03 Å². The molecule has 4 amide bonds. The number of carbonyl (C=O) groups is 3. The van der Waals surface area contributed by atoms with E-state index < -0.39 is 11.6 Å². The van der Waals surface area contributed by atoms with Crippen LogP contribution in [0.25, 0.3) is 0 Å². The van der Waals surface area contributed by atoms with Crippen molar-refractivity contribution in [2.45, 2.75) is 63.5 Å². The second-order valence-corrected chi connectivity index (χ2v) is 7.94. The molecule has 1 aliphatic heterocycles. The van der Waals surface area contributed by atoms with Gasteiger partial charge in [-0.15, -0.1) is 0 Å². The van der Waals surface area contributed by atoms with Gasteiger partial charge in [0.05, 0.1) is 0 Å². The van der Waals surface area contributed by atoms with Crippen LogP contribution < -0.4 is 5.32 Å². The SMILES string of the molecule is CN(C(=O)CN1C(=O)N[C@@](C)(CCc2ccccc2)C1=O)C1CCCCC1. The predicted molar refractivity (Wildman–Crippen MR) is 103 cm³/mol. The first kappa shape index (κ1) is 19.4. The second kappa shape index (κ2) is 8.11. The quantitative estimate of drug-likeness (QED) is 0.782. The standard InChI is InChI=1S/C21H29N3O3/c1-21(14-13-16-9-5-3-6-10-16)19(26)24(20(27)22-21)15-18(25)23(2)17-11-7-4-8-12-17/h3,5-6,9-10,17H,4,7-8,11-15H2,1-2H3,(H,22,27)/t21-/m0/s1. The maximum atomic E-state index is 12.9. The fourth-order valence-corrected chi connectivity index (χ4v) is 4.02. The summed E-state index contributed by atoms with van der Waals surface area (Å²) < 4.78 is 0. The molecular formula is C21H29N3O3. The van der Waals surface area contributed by atoms with Crippen LogP contribution in [-0.4, -0.2) is 52.8 Å². The third-order valence-electron chi connectivity index (χ3n) is 5.91. The number of hydrogen-bond donors (Lipinski definition) is 1. The minimum atomic E-state index is -0.962. The Bertz CT molecular complexity index is 700. The molecule has 1 saturated carbocycles. The molecule has 1 aromatic carbocycles. The normalized spacial score (nSPS) is 23.4. The highest BCUT2D eigenvalue weighted by Gasteiger charge is 2.48. The first-order valence-electron chi connectivity index (χ1n) is 9.84. The lowest BCUT2D eigenvalue weighted by atomic mass is 9.93. The van der Waals surface area contributed by atoms with E-state index in [1.807, 2.05) is 30.3 Å². The van der Waals surface area contributed by atoms with Gasteiger partial charge in [0.2, 0.25) is 5.91 Å². The number of imide groups is 1. The van der Waals surface area contributed by atoms with E-state index in [1.165, 1.54) is 6.42 Å². The van der Waals surface area contributed by atoms with E-state index in [-0.39, 0.29) is 24.4 Å². The van der Waals surface area contributed by atoms with Gasteiger partial charge in [-0.3, -0.25) is 14.5 Å². The smallest absolute Gasteiger partial charge is 0.325 e. The number of aryl methyl sites for hydroxylation is 1. The third kappa shape index (κ3) is 4.31. The van der Waals surface area contributed by atoms with Crippen LogP contribution in [0.15, 0.2) is 30.3 Å². The highest BCUT2D eigenvalue weighted by atomic mass is 16.2. The monoisotopic (exact) mass is 371 g/mol. The lowest BCUT2D eigenvalue weighted by Crippen LogP contribution is -2.47. The number of benzene rings is 1. The molecule has 146 valence electrons. The predicted octanol–water partition coefficient (Wildman–Crippen LogP) is 2.72. The van der Waals surface area contributed by atoms with Crippen LogP contribution >= 0.6 is 0 Å². The van der Waals surface area contributed by atoms with Gasteiger partial charge in [0.25, 0.3) is 5.91 Å². The molecule has 0 bridgehead atoms. The number of amides is 4. The fourth-order valence-electron chi connectivity index (χ4n) is 4.02. The highest BCUT2D eigenvalue weighted by molar-refractivity contribution is 6.08. The van der Waals surface area contributed by atoms with Crippen molar-refractivity contribution < 1.29 is 14.4 Å². The van der Waals surface area contributed by atoms with E-state index >= 15 is 0 Å². The Kier molecular flexibility index (Phi) is 5.82. The van der Waals surface area contributed by atoms with E-state index in [4.69, 9.17) is 0 Å². The summed E-state index contributed by atoms with van der Waals surface area (Å²) in [5.74, 6) is -0.480. The molecule has 0 spiro atoms. The van der Waals surface area contributed by atoms with Crippen molar-refractivity contribution in [1.82, 2.24) is 15.1 Å². The van der Waals surface area contributed by atoms with Gasteiger partial charge < -0.3 is 10.2 Å². The van der Waals surface area contributed by atoms with Gasteiger partial charge in [0.15, 0.2) is 0 Å². The summed E-state index contributed by atoms with van der Waals surface area (Å²) in [5.41, 5.74) is 0.156. The summed E-state index contributed by atoms with van der Waals surface area (Å²) in [6.07, 6.45) is 6.66. The lowest BCUT2D eigenvalue weighted by molar-refractivity contribution is -0.139. The molecule has 2 fully saturated rings. The summed E-state index contributed by atoms with van der Waals surface area (Å²) >= 11 is 0. The number of carbonyl (C=O) groups excluding carboxylic acids is 3. The maximum absolute atomic E-state index is 12.9. The van der Waals surface area contributed by atoms with Crippen molar-refractivity contribution in [3.63, 3.8) is 0 Å². The summed E-state index contributed by atoms with van der Waals surface area (Å²) in [6, 6.07) is 9.62. The summed E-state index contributed by atoms with van der Waals surface area (Å²) in [4.78, 5) is 40.7. The minimum Gasteiger partial charge on any atom is -0.341 e. The van der Waals surface area contributed by atoms with Crippen LogP contribution in [0, 0.1) is 0 Å². The van der Waals surface area contributed by atoms with Crippen molar-refractivity contribution in [2.75, 3.05) is 13.6 Å².